The van der Waals surface area contributed by atoms with Crippen molar-refractivity contribution in [3.8, 4) is 0 Å². The van der Waals surface area contributed by atoms with E-state index in [4.69, 9.17) is 65.2 Å². The summed E-state index contributed by atoms with van der Waals surface area (Å²) in [5, 5.41) is 19.0. The number of carbonyl (C=O) groups is 4. The molecule has 2 atom stereocenters. The van der Waals surface area contributed by atoms with E-state index in [1.807, 2.05) is 6.92 Å². The zero-order chi connectivity index (χ0) is 63.7. The molecule has 87 heavy (non-hydrogen) atoms. The van der Waals surface area contributed by atoms with Gasteiger partial charge in [0.25, 0.3) is 9.05 Å². The molecule has 2 saturated carbocycles. The topological polar surface area (TPSA) is 236 Å². The van der Waals surface area contributed by atoms with Crippen LogP contribution in [0.3, 0.4) is 0 Å². The standard InChI is InChI=1S/C18H26ClNO4S.C16H22ClNO4S.C11H20O2.C9H16O2.C8H8Cl2O2S.2ClH/c1-4-24-18(21)9-8-15-7-5-6-10-20(15)25(22,23)17-12-13(2)16(19)11-14(17)3;1-11-10-15(12(2)9-14(11)17)23(21,22)18-8-4-3-5-13(18)6-7-16(19)20;1-2-13-11(12)9-8-10-6-4-3-5-7-10;10-9(11)7-6-8-4-2-1-3-5-8;1-5-4-8(13(10,11)12)6(2)3-7(5)9;;/h11-12,15H,4-10H2,1-3H3;9-10,13H,3-8H2,1-2H3,(H,19,20);10H,2-9H2,1H3;8H,1-7H2,(H,10,11);3-4H,1-2H3;2*1H. The van der Waals surface area contributed by atoms with Gasteiger partial charge >= 0.3 is 23.9 Å². The second-order valence-electron chi connectivity index (χ2n) is 22.6. The lowest BCUT2D eigenvalue weighted by atomic mass is 9.86. The van der Waals surface area contributed by atoms with Crippen molar-refractivity contribution in [2.75, 3.05) is 26.3 Å². The third-order valence-corrected chi connectivity index (χ3v) is 22.8. The van der Waals surface area contributed by atoms with Gasteiger partial charge in [0.1, 0.15) is 0 Å². The number of benzene rings is 3. The first-order chi connectivity index (χ1) is 39.9. The van der Waals surface area contributed by atoms with Gasteiger partial charge < -0.3 is 19.7 Å². The molecule has 3 aromatic carbocycles. The van der Waals surface area contributed by atoms with E-state index in [0.29, 0.717) is 107 Å². The number of piperidine rings is 2. The summed E-state index contributed by atoms with van der Waals surface area (Å²) in [7, 11) is -5.71. The van der Waals surface area contributed by atoms with Crippen LogP contribution in [0.4, 0.5) is 0 Å². The van der Waals surface area contributed by atoms with Crippen molar-refractivity contribution in [1.82, 2.24) is 8.61 Å². The summed E-state index contributed by atoms with van der Waals surface area (Å²) in [5.74, 6) is -0.336. The third-order valence-electron chi connectivity index (χ3n) is 15.9. The van der Waals surface area contributed by atoms with Gasteiger partial charge in [-0.25, -0.2) is 25.3 Å². The van der Waals surface area contributed by atoms with Gasteiger partial charge in [-0.15, -0.1) is 24.8 Å². The van der Waals surface area contributed by atoms with Crippen LogP contribution in [0.1, 0.15) is 201 Å². The Morgan fingerprint density at radius 2 is 0.747 bits per heavy atom. The normalized spacial score (nSPS) is 17.7. The average molecular weight is 1400 g/mol. The number of carboxylic acids is 2. The molecule has 0 spiro atoms. The summed E-state index contributed by atoms with van der Waals surface area (Å²) in [6.45, 7) is 15.9. The molecule has 2 heterocycles. The Hall–Kier alpha value is -2.95. The molecule has 16 nitrogen and oxygen atoms in total. The van der Waals surface area contributed by atoms with Crippen LogP contribution in [0, 0.1) is 53.4 Å². The van der Waals surface area contributed by atoms with Crippen molar-refractivity contribution in [1.29, 1.82) is 0 Å². The predicted octanol–water partition coefficient (Wildman–Crippen LogP) is 16.3. The van der Waals surface area contributed by atoms with Crippen LogP contribution in [-0.2, 0) is 57.7 Å². The van der Waals surface area contributed by atoms with Crippen LogP contribution < -0.4 is 0 Å². The highest BCUT2D eigenvalue weighted by Gasteiger charge is 2.36. The number of hydrogen-bond acceptors (Lipinski definition) is 12. The zero-order valence-corrected chi connectivity index (χ0v) is 58.9. The number of carboxylic acid groups (broad SMARTS) is 2. The fraction of sp³-hybridized carbons (Fsp3) is 0.645. The van der Waals surface area contributed by atoms with Gasteiger partial charge in [0.15, 0.2) is 0 Å². The van der Waals surface area contributed by atoms with Crippen molar-refractivity contribution >= 4 is 123 Å². The van der Waals surface area contributed by atoms with Crippen molar-refractivity contribution < 1.29 is 64.1 Å². The Kier molecular flexibility index (Phi) is 38.5. The molecule has 2 aliphatic heterocycles. The van der Waals surface area contributed by atoms with Gasteiger partial charge in [-0.3, -0.25) is 19.2 Å². The minimum atomic E-state index is -3.66. The molecular weight excluding hydrogens is 1310 g/mol. The lowest BCUT2D eigenvalue weighted by Gasteiger charge is -2.35. The van der Waals surface area contributed by atoms with E-state index in [9.17, 15) is 44.4 Å². The number of sulfonamides is 2. The van der Waals surface area contributed by atoms with Crippen molar-refractivity contribution in [3.05, 3.63) is 84.8 Å². The number of esters is 2. The molecule has 2 unspecified atom stereocenters. The number of rotatable bonds is 19. The molecular formula is C62H94Cl6N2O14S3. The molecule has 4 fully saturated rings. The Balaban J connectivity index is 0.000000561. The summed E-state index contributed by atoms with van der Waals surface area (Å²) >= 11 is 18.0. The van der Waals surface area contributed by atoms with E-state index >= 15 is 0 Å². The molecule has 0 bridgehead atoms. The first kappa shape index (κ1) is 82.1. The number of carbonyl (C=O) groups excluding carboxylic acids is 2. The molecule has 0 aromatic heterocycles. The molecule has 496 valence electrons. The number of aliphatic carboxylic acids is 2. The summed E-state index contributed by atoms with van der Waals surface area (Å²) < 4.78 is 87.5. The molecule has 2 aliphatic carbocycles. The maximum Gasteiger partial charge on any atom is 0.305 e. The molecule has 0 radical (unpaired) electrons. The van der Waals surface area contributed by atoms with Gasteiger partial charge in [0.05, 0.1) is 27.9 Å². The monoisotopic (exact) mass is 1400 g/mol. The number of aryl methyl sites for hydroxylation is 6. The van der Waals surface area contributed by atoms with Gasteiger partial charge in [-0.05, 0) is 188 Å². The zero-order valence-electron chi connectivity index (χ0n) is 51.8. The Labute approximate surface area is 551 Å². The summed E-state index contributed by atoms with van der Waals surface area (Å²) in [5.41, 5.74) is 3.98. The highest BCUT2D eigenvalue weighted by atomic mass is 35.7. The van der Waals surface area contributed by atoms with Crippen LogP contribution in [0.2, 0.25) is 15.1 Å². The summed E-state index contributed by atoms with van der Waals surface area (Å²) in [6, 6.07) is 9.26. The second kappa shape index (κ2) is 40.8. The molecule has 4 aliphatic rings. The predicted molar refractivity (Wildman–Crippen MR) is 352 cm³/mol. The molecule has 25 heteroatoms. The molecule has 3 aromatic rings. The number of ether oxygens (including phenoxy) is 2. The molecule has 0 amide bonds. The first-order valence-corrected chi connectivity index (χ1v) is 36.3. The van der Waals surface area contributed by atoms with Crippen LogP contribution in [0.5, 0.6) is 0 Å². The number of halogens is 6. The quantitative estimate of drug-likeness (QED) is 0.0839. The molecule has 7 rings (SSSR count). The lowest BCUT2D eigenvalue weighted by Crippen LogP contribution is -2.44. The summed E-state index contributed by atoms with van der Waals surface area (Å²) in [6.07, 6.45) is 22.2. The minimum absolute atomic E-state index is 0. The van der Waals surface area contributed by atoms with E-state index in [1.165, 1.54) is 74.6 Å². The Morgan fingerprint density at radius 1 is 0.448 bits per heavy atom. The van der Waals surface area contributed by atoms with Crippen LogP contribution in [0.25, 0.3) is 0 Å². The Bertz CT molecular complexity index is 3010. The van der Waals surface area contributed by atoms with E-state index in [1.54, 1.807) is 83.1 Å². The van der Waals surface area contributed by atoms with Gasteiger partial charge in [0, 0.05) is 76.6 Å². The van der Waals surface area contributed by atoms with E-state index in [-0.39, 0.29) is 71.5 Å². The van der Waals surface area contributed by atoms with Gasteiger partial charge in [0.2, 0.25) is 20.0 Å². The molecule has 2 saturated heterocycles. The van der Waals surface area contributed by atoms with Crippen molar-refractivity contribution in [3.63, 3.8) is 0 Å². The Morgan fingerprint density at radius 3 is 1.09 bits per heavy atom. The first-order valence-electron chi connectivity index (χ1n) is 30.0. The van der Waals surface area contributed by atoms with E-state index in [0.717, 1.165) is 62.0 Å². The smallest absolute Gasteiger partial charge is 0.305 e. The highest BCUT2D eigenvalue weighted by Crippen LogP contribution is 2.35. The van der Waals surface area contributed by atoms with Crippen molar-refractivity contribution in [2.45, 2.75) is 236 Å². The number of nitrogens with zero attached hydrogens (tertiary/aromatic N) is 2. The van der Waals surface area contributed by atoms with E-state index in [2.05, 4.69) is 0 Å². The second-order valence-corrected chi connectivity index (χ2v) is 30.1. The highest BCUT2D eigenvalue weighted by molar-refractivity contribution is 8.13. The van der Waals surface area contributed by atoms with Crippen LogP contribution in [0.15, 0.2) is 51.1 Å². The minimum Gasteiger partial charge on any atom is -0.481 e. The van der Waals surface area contributed by atoms with Gasteiger partial charge in [-0.1, -0.05) is 112 Å². The summed E-state index contributed by atoms with van der Waals surface area (Å²) in [4.78, 5) is 44.5. The number of hydrogen-bond donors (Lipinski definition) is 2. The van der Waals surface area contributed by atoms with Gasteiger partial charge in [-0.2, -0.15) is 8.61 Å². The van der Waals surface area contributed by atoms with Crippen LogP contribution in [-0.4, -0.2) is 106 Å². The van der Waals surface area contributed by atoms with Crippen LogP contribution >= 0.6 is 70.3 Å². The molecule has 2 N–H and O–H groups in total. The largest absolute Gasteiger partial charge is 0.481 e. The van der Waals surface area contributed by atoms with E-state index < -0.39 is 41.0 Å². The average Bonchev–Trinajstić information content (AvgIpc) is 1.08. The fourth-order valence-corrected chi connectivity index (χ4v) is 17.1. The third kappa shape index (κ3) is 28.2. The maximum absolute atomic E-state index is 13.2. The fourth-order valence-electron chi connectivity index (χ4n) is 11.1. The maximum atomic E-state index is 13.2. The van der Waals surface area contributed by atoms with Crippen molar-refractivity contribution in [2.24, 2.45) is 11.8 Å². The SMILES string of the molecule is CCOC(=O)CCC1CCCCC1.CCOC(=O)CCC1CCCCN1S(=O)(=O)c1cc(C)c(Cl)cc1C.Cc1cc(S(=O)(=O)Cl)c(C)cc1Cl.Cc1cc(S(=O)(=O)N2CCCCC2CCC(=O)O)c(C)cc1Cl.Cl.Cl.O=C(O)CCC1CCCCC1. The lowest BCUT2D eigenvalue weighted by molar-refractivity contribution is -0.144.